The monoisotopic (exact) mass is 289 g/mol. The summed E-state index contributed by atoms with van der Waals surface area (Å²) in [5.74, 6) is 1.69. The number of nitrogens with one attached hydrogen (secondary N) is 1. The Balaban J connectivity index is 1.85. The van der Waals surface area contributed by atoms with Gasteiger partial charge in [0.05, 0.1) is 0 Å². The van der Waals surface area contributed by atoms with Crippen molar-refractivity contribution >= 4 is 6.09 Å². The highest BCUT2D eigenvalue weighted by atomic mass is 16.6. The van der Waals surface area contributed by atoms with Gasteiger partial charge in [-0.15, -0.1) is 0 Å². The van der Waals surface area contributed by atoms with Gasteiger partial charge in [-0.2, -0.15) is 0 Å². The van der Waals surface area contributed by atoms with Crippen molar-refractivity contribution in [2.45, 2.75) is 52.7 Å². The first-order valence-electron chi connectivity index (χ1n) is 8.04. The maximum atomic E-state index is 12.0. The molecule has 2 rings (SSSR count). The summed E-state index contributed by atoms with van der Waals surface area (Å²) in [4.78, 5) is 12.0. The third kappa shape index (κ3) is 4.76. The minimum absolute atomic E-state index is 0.0597. The highest BCUT2D eigenvalue weighted by Crippen LogP contribution is 2.35. The van der Waals surface area contributed by atoms with Gasteiger partial charge in [-0.25, -0.2) is 4.79 Å². The minimum atomic E-state index is -0.288. The van der Waals surface area contributed by atoms with Crippen LogP contribution in [-0.4, -0.2) is 12.2 Å². The molecule has 1 aliphatic carbocycles. The summed E-state index contributed by atoms with van der Waals surface area (Å²) in [5.41, 5.74) is 1.09. The van der Waals surface area contributed by atoms with Crippen LogP contribution in [0.4, 0.5) is 4.79 Å². The molecule has 1 amide bonds. The maximum Gasteiger partial charge on any atom is 0.407 e. The molecule has 0 saturated heterocycles. The number of carbonyl (C=O) groups is 1. The molecule has 3 atom stereocenters. The van der Waals surface area contributed by atoms with Gasteiger partial charge in [-0.05, 0) is 36.2 Å². The van der Waals surface area contributed by atoms with Crippen molar-refractivity contribution < 1.29 is 9.53 Å². The zero-order chi connectivity index (χ0) is 15.2. The van der Waals surface area contributed by atoms with Crippen LogP contribution in [0.25, 0.3) is 0 Å². The van der Waals surface area contributed by atoms with Crippen molar-refractivity contribution in [1.29, 1.82) is 0 Å². The molecule has 1 fully saturated rings. The Hall–Kier alpha value is -1.51. The second-order valence-electron chi connectivity index (χ2n) is 6.61. The summed E-state index contributed by atoms with van der Waals surface area (Å²) in [6.45, 7) is 7.21. The first-order chi connectivity index (χ1) is 10.1. The smallest absolute Gasteiger partial charge is 0.407 e. The summed E-state index contributed by atoms with van der Waals surface area (Å²) < 4.78 is 5.71. The van der Waals surface area contributed by atoms with E-state index >= 15 is 0 Å². The Morgan fingerprint density at radius 1 is 1.29 bits per heavy atom. The van der Waals surface area contributed by atoms with Gasteiger partial charge in [0.15, 0.2) is 0 Å². The Labute approximate surface area is 128 Å². The second kappa shape index (κ2) is 7.48. The third-order valence-electron chi connectivity index (χ3n) is 4.50. The van der Waals surface area contributed by atoms with Crippen LogP contribution in [0.3, 0.4) is 0 Å². The second-order valence-corrected chi connectivity index (χ2v) is 6.61. The van der Waals surface area contributed by atoms with Crippen LogP contribution in [0.15, 0.2) is 30.3 Å². The van der Waals surface area contributed by atoms with Crippen LogP contribution in [0.2, 0.25) is 0 Å². The molecule has 1 saturated carbocycles. The molecular weight excluding hydrogens is 262 g/mol. The molecule has 0 bridgehead atoms. The van der Waals surface area contributed by atoms with Gasteiger partial charge >= 0.3 is 6.09 Å². The van der Waals surface area contributed by atoms with E-state index in [9.17, 15) is 4.79 Å². The van der Waals surface area contributed by atoms with Crippen molar-refractivity contribution in [2.24, 2.45) is 17.8 Å². The number of amides is 1. The van der Waals surface area contributed by atoms with Gasteiger partial charge in [0.1, 0.15) is 6.10 Å². The van der Waals surface area contributed by atoms with Crippen LogP contribution in [0, 0.1) is 17.8 Å². The van der Waals surface area contributed by atoms with Gasteiger partial charge in [-0.1, -0.05) is 57.5 Å². The molecule has 3 unspecified atom stereocenters. The predicted molar refractivity (Wildman–Crippen MR) is 84.9 cm³/mol. The van der Waals surface area contributed by atoms with E-state index in [0.717, 1.165) is 18.4 Å². The number of carbonyl (C=O) groups excluding carboxylic acids is 1. The molecule has 1 aromatic rings. The molecule has 3 heteroatoms. The van der Waals surface area contributed by atoms with Gasteiger partial charge < -0.3 is 10.1 Å². The molecule has 0 aromatic heterocycles. The summed E-state index contributed by atoms with van der Waals surface area (Å²) in [7, 11) is 0. The van der Waals surface area contributed by atoms with E-state index in [4.69, 9.17) is 4.74 Å². The van der Waals surface area contributed by atoms with Crippen LogP contribution < -0.4 is 5.32 Å². The molecular formula is C18H27NO2. The molecule has 116 valence electrons. The van der Waals surface area contributed by atoms with E-state index < -0.39 is 0 Å². The van der Waals surface area contributed by atoms with E-state index in [1.807, 2.05) is 30.3 Å². The highest BCUT2D eigenvalue weighted by molar-refractivity contribution is 5.67. The molecule has 0 heterocycles. The first-order valence-corrected chi connectivity index (χ1v) is 8.04. The molecule has 0 radical (unpaired) electrons. The summed E-state index contributed by atoms with van der Waals surface area (Å²) >= 11 is 0. The largest absolute Gasteiger partial charge is 0.446 e. The summed E-state index contributed by atoms with van der Waals surface area (Å²) in [6.07, 6.45) is 3.17. The minimum Gasteiger partial charge on any atom is -0.446 e. The third-order valence-corrected chi connectivity index (χ3v) is 4.50. The Kier molecular flexibility index (Phi) is 5.66. The average molecular weight is 289 g/mol. The predicted octanol–water partition coefficient (Wildman–Crippen LogP) is 4.37. The van der Waals surface area contributed by atoms with E-state index in [-0.39, 0.29) is 12.2 Å². The Morgan fingerprint density at radius 3 is 2.67 bits per heavy atom. The first kappa shape index (κ1) is 15.9. The average Bonchev–Trinajstić information content (AvgIpc) is 2.46. The van der Waals surface area contributed by atoms with Gasteiger partial charge in [0.25, 0.3) is 0 Å². The lowest BCUT2D eigenvalue weighted by atomic mass is 9.75. The zero-order valence-corrected chi connectivity index (χ0v) is 13.3. The normalized spacial score (nSPS) is 25.6. The van der Waals surface area contributed by atoms with Crippen molar-refractivity contribution in [1.82, 2.24) is 5.32 Å². The van der Waals surface area contributed by atoms with Gasteiger partial charge in [0, 0.05) is 6.54 Å². The molecule has 3 nitrogen and oxygen atoms in total. The van der Waals surface area contributed by atoms with Crippen LogP contribution in [0.5, 0.6) is 0 Å². The fourth-order valence-electron chi connectivity index (χ4n) is 3.20. The summed E-state index contributed by atoms with van der Waals surface area (Å²) in [5, 5.41) is 2.86. The fourth-order valence-corrected chi connectivity index (χ4v) is 3.20. The van der Waals surface area contributed by atoms with Crippen LogP contribution in [-0.2, 0) is 11.3 Å². The van der Waals surface area contributed by atoms with E-state index in [1.165, 1.54) is 6.42 Å². The maximum absolute atomic E-state index is 12.0. The van der Waals surface area contributed by atoms with Crippen molar-refractivity contribution in [3.63, 3.8) is 0 Å². The Bertz CT molecular complexity index is 444. The molecule has 0 aliphatic heterocycles. The quantitative estimate of drug-likeness (QED) is 0.893. The lowest BCUT2D eigenvalue weighted by Crippen LogP contribution is -2.38. The molecule has 21 heavy (non-hydrogen) atoms. The number of ether oxygens (including phenoxy) is 1. The van der Waals surface area contributed by atoms with Crippen LogP contribution >= 0.6 is 0 Å². The van der Waals surface area contributed by atoms with Crippen LogP contribution in [0.1, 0.15) is 45.6 Å². The van der Waals surface area contributed by atoms with Crippen molar-refractivity contribution in [3.8, 4) is 0 Å². The van der Waals surface area contributed by atoms with E-state index in [2.05, 4.69) is 26.1 Å². The van der Waals surface area contributed by atoms with E-state index in [1.54, 1.807) is 0 Å². The van der Waals surface area contributed by atoms with E-state index in [0.29, 0.717) is 24.3 Å². The standard InChI is InChI=1S/C18H27NO2/c1-13(2)16-10-9-14(3)11-17(16)21-18(20)19-12-15-7-5-4-6-8-15/h4-8,13-14,16-17H,9-12H2,1-3H3,(H,19,20). The lowest BCUT2D eigenvalue weighted by molar-refractivity contribution is 0.00601. The van der Waals surface area contributed by atoms with Gasteiger partial charge in [-0.3, -0.25) is 0 Å². The summed E-state index contributed by atoms with van der Waals surface area (Å²) in [6, 6.07) is 9.91. The Morgan fingerprint density at radius 2 is 2.00 bits per heavy atom. The zero-order valence-electron chi connectivity index (χ0n) is 13.3. The molecule has 0 spiro atoms. The van der Waals surface area contributed by atoms with Crippen molar-refractivity contribution in [2.75, 3.05) is 0 Å². The van der Waals surface area contributed by atoms with Crippen molar-refractivity contribution in [3.05, 3.63) is 35.9 Å². The number of alkyl carbamates (subject to hydrolysis) is 1. The lowest BCUT2D eigenvalue weighted by Gasteiger charge is -2.36. The van der Waals surface area contributed by atoms with Gasteiger partial charge in [0.2, 0.25) is 0 Å². The number of hydrogen-bond donors (Lipinski definition) is 1. The number of hydrogen-bond acceptors (Lipinski definition) is 2. The topological polar surface area (TPSA) is 38.3 Å². The molecule has 1 aromatic carbocycles. The number of benzene rings is 1. The molecule has 1 aliphatic rings. The fraction of sp³-hybridized carbons (Fsp3) is 0.611. The SMILES string of the molecule is CC1CCC(C(C)C)C(OC(=O)NCc2ccccc2)C1. The highest BCUT2D eigenvalue weighted by Gasteiger charge is 2.33. The molecule has 1 N–H and O–H groups in total. The number of rotatable bonds is 4.